The van der Waals surface area contributed by atoms with Crippen molar-refractivity contribution < 1.29 is 9.53 Å². The topological polar surface area (TPSA) is 64.3 Å². The van der Waals surface area contributed by atoms with Gasteiger partial charge in [0.05, 0.1) is 0 Å². The average molecular weight is 234 g/mol. The molecule has 0 saturated heterocycles. The Balaban J connectivity index is 1.92. The van der Waals surface area contributed by atoms with E-state index < -0.39 is 12.0 Å². The molecular weight excluding hydrogens is 216 g/mol. The molecule has 3 N–H and O–H groups in total. The first-order valence-electron chi connectivity index (χ1n) is 5.93. The van der Waals surface area contributed by atoms with Crippen molar-refractivity contribution in [2.75, 3.05) is 0 Å². The lowest BCUT2D eigenvalue weighted by atomic mass is 10.2. The number of nitrogens with one attached hydrogen (secondary N) is 1. The van der Waals surface area contributed by atoms with Crippen molar-refractivity contribution in [3.05, 3.63) is 29.8 Å². The van der Waals surface area contributed by atoms with E-state index in [0.29, 0.717) is 11.8 Å². The van der Waals surface area contributed by atoms with Gasteiger partial charge in [-0.05, 0) is 37.5 Å². The van der Waals surface area contributed by atoms with Gasteiger partial charge in [-0.15, -0.1) is 0 Å². The number of hydrogen-bond donors (Lipinski definition) is 2. The van der Waals surface area contributed by atoms with Gasteiger partial charge in [-0.3, -0.25) is 4.79 Å². The van der Waals surface area contributed by atoms with E-state index >= 15 is 0 Å². The highest BCUT2D eigenvalue weighted by Gasteiger charge is 2.20. The summed E-state index contributed by atoms with van der Waals surface area (Å²) in [7, 11) is 0. The second-order valence-corrected chi connectivity index (χ2v) is 4.47. The highest BCUT2D eigenvalue weighted by molar-refractivity contribution is 5.78. The van der Waals surface area contributed by atoms with Crippen molar-refractivity contribution in [3.8, 4) is 5.75 Å². The van der Waals surface area contributed by atoms with Crippen LogP contribution in [0, 0.1) is 0 Å². The zero-order chi connectivity index (χ0) is 12.3. The van der Waals surface area contributed by atoms with Crippen molar-refractivity contribution in [1.82, 2.24) is 5.32 Å². The van der Waals surface area contributed by atoms with Crippen LogP contribution in [-0.4, -0.2) is 18.1 Å². The van der Waals surface area contributed by atoms with Crippen molar-refractivity contribution >= 4 is 5.91 Å². The fourth-order valence-electron chi connectivity index (χ4n) is 1.54. The Morgan fingerprint density at radius 2 is 2.35 bits per heavy atom. The van der Waals surface area contributed by atoms with E-state index in [-0.39, 0.29) is 0 Å². The summed E-state index contributed by atoms with van der Waals surface area (Å²) in [5.41, 5.74) is 6.31. The maximum absolute atomic E-state index is 10.9. The SMILES string of the molecule is CC(Oc1cccc(CNC2CC2)c1)C(N)=O. The van der Waals surface area contributed by atoms with E-state index in [9.17, 15) is 4.79 Å². The van der Waals surface area contributed by atoms with Crippen LogP contribution in [0.1, 0.15) is 25.3 Å². The first-order valence-corrected chi connectivity index (χ1v) is 5.93. The molecule has 4 nitrogen and oxygen atoms in total. The maximum atomic E-state index is 10.9. The second-order valence-electron chi connectivity index (χ2n) is 4.47. The quantitative estimate of drug-likeness (QED) is 0.777. The van der Waals surface area contributed by atoms with Crippen molar-refractivity contribution in [3.63, 3.8) is 0 Å². The van der Waals surface area contributed by atoms with Gasteiger partial charge in [0, 0.05) is 12.6 Å². The molecular formula is C13H18N2O2. The molecule has 1 amide bonds. The van der Waals surface area contributed by atoms with Crippen LogP contribution in [0.4, 0.5) is 0 Å². The van der Waals surface area contributed by atoms with Gasteiger partial charge in [0.25, 0.3) is 5.91 Å². The molecule has 1 aromatic carbocycles. The zero-order valence-corrected chi connectivity index (χ0v) is 9.98. The predicted molar refractivity (Wildman–Crippen MR) is 65.6 cm³/mol. The minimum Gasteiger partial charge on any atom is -0.481 e. The van der Waals surface area contributed by atoms with Crippen LogP contribution in [0.3, 0.4) is 0 Å². The Kier molecular flexibility index (Phi) is 3.64. The molecule has 2 rings (SSSR count). The molecule has 1 aliphatic rings. The first kappa shape index (κ1) is 11.9. The van der Waals surface area contributed by atoms with E-state index in [1.807, 2.05) is 24.3 Å². The Bertz CT molecular complexity index is 402. The molecule has 0 aromatic heterocycles. The van der Waals surface area contributed by atoms with Crippen LogP contribution in [0.5, 0.6) is 5.75 Å². The smallest absolute Gasteiger partial charge is 0.258 e. The predicted octanol–water partition coefficient (Wildman–Crippen LogP) is 1.19. The van der Waals surface area contributed by atoms with E-state index in [4.69, 9.17) is 10.5 Å². The van der Waals surface area contributed by atoms with Gasteiger partial charge in [0.15, 0.2) is 6.10 Å². The Hall–Kier alpha value is -1.55. The molecule has 0 aliphatic heterocycles. The third-order valence-electron chi connectivity index (χ3n) is 2.78. The van der Waals surface area contributed by atoms with E-state index in [2.05, 4.69) is 5.32 Å². The number of amides is 1. The Labute approximate surface area is 101 Å². The molecule has 0 spiro atoms. The summed E-state index contributed by atoms with van der Waals surface area (Å²) in [4.78, 5) is 10.9. The summed E-state index contributed by atoms with van der Waals surface area (Å²) in [6, 6.07) is 8.42. The molecule has 17 heavy (non-hydrogen) atoms. The van der Waals surface area contributed by atoms with Gasteiger partial charge in [0.1, 0.15) is 5.75 Å². The third-order valence-corrected chi connectivity index (χ3v) is 2.78. The highest BCUT2D eigenvalue weighted by atomic mass is 16.5. The molecule has 1 aromatic rings. The lowest BCUT2D eigenvalue weighted by Gasteiger charge is -2.12. The fraction of sp³-hybridized carbons (Fsp3) is 0.462. The summed E-state index contributed by atoms with van der Waals surface area (Å²) in [5.74, 6) is 0.234. The van der Waals surface area contributed by atoms with Crippen LogP contribution in [0.2, 0.25) is 0 Å². The normalized spacial score (nSPS) is 16.5. The number of hydrogen-bond acceptors (Lipinski definition) is 3. The number of carbonyl (C=O) groups is 1. The lowest BCUT2D eigenvalue weighted by molar-refractivity contribution is -0.123. The van der Waals surface area contributed by atoms with Crippen LogP contribution in [-0.2, 0) is 11.3 Å². The van der Waals surface area contributed by atoms with E-state index in [1.165, 1.54) is 12.8 Å². The minimum absolute atomic E-state index is 0.452. The monoisotopic (exact) mass is 234 g/mol. The van der Waals surface area contributed by atoms with Gasteiger partial charge in [0.2, 0.25) is 0 Å². The molecule has 1 aliphatic carbocycles. The molecule has 4 heteroatoms. The Morgan fingerprint density at radius 1 is 1.59 bits per heavy atom. The van der Waals surface area contributed by atoms with Crippen molar-refractivity contribution in [1.29, 1.82) is 0 Å². The first-order chi connectivity index (χ1) is 8.15. The van der Waals surface area contributed by atoms with Gasteiger partial charge in [-0.2, -0.15) is 0 Å². The zero-order valence-electron chi connectivity index (χ0n) is 9.98. The van der Waals surface area contributed by atoms with E-state index in [1.54, 1.807) is 6.92 Å². The molecule has 0 bridgehead atoms. The molecule has 1 saturated carbocycles. The van der Waals surface area contributed by atoms with Crippen molar-refractivity contribution in [2.45, 2.75) is 38.5 Å². The molecule has 92 valence electrons. The van der Waals surface area contributed by atoms with Crippen molar-refractivity contribution in [2.24, 2.45) is 5.73 Å². The van der Waals surface area contributed by atoms with Gasteiger partial charge < -0.3 is 15.8 Å². The molecule has 1 atom stereocenters. The average Bonchev–Trinajstić information content (AvgIpc) is 3.10. The maximum Gasteiger partial charge on any atom is 0.258 e. The van der Waals surface area contributed by atoms with Crippen LogP contribution < -0.4 is 15.8 Å². The molecule has 0 radical (unpaired) electrons. The molecule has 1 unspecified atom stereocenters. The lowest BCUT2D eigenvalue weighted by Crippen LogP contribution is -2.30. The van der Waals surface area contributed by atoms with Crippen LogP contribution >= 0.6 is 0 Å². The number of carbonyl (C=O) groups excluding carboxylic acids is 1. The Morgan fingerprint density at radius 3 is 3.00 bits per heavy atom. The number of primary amides is 1. The summed E-state index contributed by atoms with van der Waals surface area (Å²) < 4.78 is 5.44. The summed E-state index contributed by atoms with van der Waals surface area (Å²) in [6.07, 6.45) is 1.95. The molecule has 0 heterocycles. The number of benzene rings is 1. The second kappa shape index (κ2) is 5.19. The minimum atomic E-state index is -0.596. The number of ether oxygens (including phenoxy) is 1. The third kappa shape index (κ3) is 3.75. The molecule has 1 fully saturated rings. The summed E-state index contributed by atoms with van der Waals surface area (Å²) in [6.45, 7) is 2.49. The highest BCUT2D eigenvalue weighted by Crippen LogP contribution is 2.20. The van der Waals surface area contributed by atoms with Crippen LogP contribution in [0.25, 0.3) is 0 Å². The summed E-state index contributed by atoms with van der Waals surface area (Å²) in [5, 5.41) is 3.43. The summed E-state index contributed by atoms with van der Waals surface area (Å²) >= 11 is 0. The van der Waals surface area contributed by atoms with Crippen LogP contribution in [0.15, 0.2) is 24.3 Å². The number of nitrogens with two attached hydrogens (primary N) is 1. The number of rotatable bonds is 6. The van der Waals surface area contributed by atoms with Gasteiger partial charge in [-0.1, -0.05) is 12.1 Å². The largest absolute Gasteiger partial charge is 0.481 e. The fourth-order valence-corrected chi connectivity index (χ4v) is 1.54. The van der Waals surface area contributed by atoms with Gasteiger partial charge in [-0.25, -0.2) is 0 Å². The standard InChI is InChI=1S/C13H18N2O2/c1-9(13(14)16)17-12-4-2-3-10(7-12)8-15-11-5-6-11/h2-4,7,9,11,15H,5-6,8H2,1H3,(H2,14,16). The van der Waals surface area contributed by atoms with E-state index in [0.717, 1.165) is 12.1 Å². The van der Waals surface area contributed by atoms with Gasteiger partial charge >= 0.3 is 0 Å².